The zero-order chi connectivity index (χ0) is 19.8. The number of benzene rings is 1. The van der Waals surface area contributed by atoms with Crippen LogP contribution in [0.15, 0.2) is 33.6 Å². The largest absolute Gasteiger partial charge is 0.344 e. The summed E-state index contributed by atoms with van der Waals surface area (Å²) in [7, 11) is -1.90. The van der Waals surface area contributed by atoms with Gasteiger partial charge in [0, 0.05) is 31.7 Å². The molecule has 2 aliphatic heterocycles. The molecule has 1 aromatic rings. The molecule has 1 aromatic carbocycles. The Balaban J connectivity index is 1.77. The van der Waals surface area contributed by atoms with Crippen molar-refractivity contribution in [2.75, 3.05) is 20.1 Å². The zero-order valence-corrected chi connectivity index (χ0v) is 16.9. The Bertz CT molecular complexity index is 850. The van der Waals surface area contributed by atoms with E-state index >= 15 is 0 Å². The third-order valence-corrected chi connectivity index (χ3v) is 6.78. The maximum atomic E-state index is 13.0. The fourth-order valence-corrected chi connectivity index (χ4v) is 4.83. The number of amidine groups is 1. The monoisotopic (exact) mass is 392 g/mol. The summed E-state index contributed by atoms with van der Waals surface area (Å²) in [6.45, 7) is 5.35. The lowest BCUT2D eigenvalue weighted by Gasteiger charge is -2.30. The summed E-state index contributed by atoms with van der Waals surface area (Å²) in [5.41, 5.74) is 6.68. The summed E-state index contributed by atoms with van der Waals surface area (Å²) in [5.74, 6) is 0.757. The zero-order valence-electron chi connectivity index (χ0n) is 16.1. The number of nitrogens with two attached hydrogens (primary N) is 1. The summed E-state index contributed by atoms with van der Waals surface area (Å²) in [6, 6.07) is 6.47. The van der Waals surface area contributed by atoms with Gasteiger partial charge in [-0.3, -0.25) is 4.79 Å². The average molecular weight is 393 g/mol. The van der Waals surface area contributed by atoms with Crippen molar-refractivity contribution in [2.45, 2.75) is 50.1 Å². The van der Waals surface area contributed by atoms with Crippen LogP contribution in [-0.4, -0.2) is 62.2 Å². The first-order valence-electron chi connectivity index (χ1n) is 9.44. The quantitative estimate of drug-likeness (QED) is 0.818. The van der Waals surface area contributed by atoms with E-state index in [1.807, 2.05) is 4.90 Å². The Hall–Kier alpha value is -1.93. The molecule has 2 N–H and O–H groups in total. The highest BCUT2D eigenvalue weighted by atomic mass is 32.2. The molecule has 148 valence electrons. The highest BCUT2D eigenvalue weighted by molar-refractivity contribution is 7.90. The molecule has 0 aromatic heterocycles. The van der Waals surface area contributed by atoms with Gasteiger partial charge >= 0.3 is 0 Å². The minimum Gasteiger partial charge on any atom is -0.344 e. The first kappa shape index (κ1) is 19.8. The van der Waals surface area contributed by atoms with Crippen molar-refractivity contribution >= 4 is 21.8 Å². The summed E-state index contributed by atoms with van der Waals surface area (Å²) in [5, 5.41) is 0. The van der Waals surface area contributed by atoms with Crippen LogP contribution in [0, 0.1) is 5.92 Å². The number of hydrogen-bond acceptors (Lipinski definition) is 5. The van der Waals surface area contributed by atoms with Gasteiger partial charge in [-0.05, 0) is 37.3 Å². The van der Waals surface area contributed by atoms with Crippen LogP contribution >= 0.6 is 0 Å². The number of carbonyl (C=O) groups is 1. The van der Waals surface area contributed by atoms with Crippen molar-refractivity contribution < 1.29 is 13.2 Å². The van der Waals surface area contributed by atoms with Crippen LogP contribution in [0.4, 0.5) is 0 Å². The smallest absolute Gasteiger partial charge is 0.285 e. The fourth-order valence-electron chi connectivity index (χ4n) is 3.61. The third-order valence-electron chi connectivity index (χ3n) is 5.45. The van der Waals surface area contributed by atoms with Crippen molar-refractivity contribution in [1.29, 1.82) is 0 Å². The van der Waals surface area contributed by atoms with E-state index in [1.165, 1.54) is 0 Å². The molecule has 2 unspecified atom stereocenters. The SMILES string of the molecule is CC(C)C(N)CCN(C)C(=O)C1CCCN1C1=NS(=O)(=O)c2ccccc21. The van der Waals surface area contributed by atoms with Gasteiger partial charge in [0.1, 0.15) is 10.9 Å². The van der Waals surface area contributed by atoms with Crippen molar-refractivity contribution in [3.8, 4) is 0 Å². The molecule has 0 bridgehead atoms. The first-order chi connectivity index (χ1) is 12.7. The number of hydrogen-bond donors (Lipinski definition) is 1. The molecule has 8 heteroatoms. The molecule has 27 heavy (non-hydrogen) atoms. The second kappa shape index (κ2) is 7.59. The van der Waals surface area contributed by atoms with Crippen LogP contribution in [0.3, 0.4) is 0 Å². The van der Waals surface area contributed by atoms with Gasteiger partial charge in [0.15, 0.2) is 5.84 Å². The Kier molecular flexibility index (Phi) is 5.58. The van der Waals surface area contributed by atoms with E-state index in [2.05, 4.69) is 18.2 Å². The molecule has 0 radical (unpaired) electrons. The summed E-state index contributed by atoms with van der Waals surface area (Å²) in [4.78, 5) is 16.8. The van der Waals surface area contributed by atoms with Crippen LogP contribution in [0.2, 0.25) is 0 Å². The number of likely N-dealkylation sites (tertiary alicyclic amines) is 1. The molecule has 1 amide bonds. The van der Waals surface area contributed by atoms with E-state index < -0.39 is 10.0 Å². The normalized spacial score (nSPS) is 21.9. The van der Waals surface area contributed by atoms with Crippen LogP contribution in [-0.2, 0) is 14.8 Å². The van der Waals surface area contributed by atoms with Crippen LogP contribution in [0.1, 0.15) is 38.7 Å². The van der Waals surface area contributed by atoms with E-state index in [-0.39, 0.29) is 22.9 Å². The molecule has 0 saturated carbocycles. The molecular weight excluding hydrogens is 364 g/mol. The standard InChI is InChI=1S/C19H28N4O3S/c1-13(2)15(20)10-12-22(3)19(24)16-8-6-11-23(16)18-14-7-4-5-9-17(14)27(25,26)21-18/h4-5,7,9,13,15-16H,6,8,10-12,20H2,1-3H3. The van der Waals surface area contributed by atoms with Crippen LogP contribution < -0.4 is 5.73 Å². The van der Waals surface area contributed by atoms with Gasteiger partial charge in [-0.1, -0.05) is 26.0 Å². The molecule has 7 nitrogen and oxygen atoms in total. The molecule has 0 aliphatic carbocycles. The van der Waals surface area contributed by atoms with Gasteiger partial charge in [0.25, 0.3) is 10.0 Å². The highest BCUT2D eigenvalue weighted by Gasteiger charge is 2.40. The van der Waals surface area contributed by atoms with E-state index in [0.29, 0.717) is 36.8 Å². The number of nitrogens with zero attached hydrogens (tertiary/aromatic N) is 3. The first-order valence-corrected chi connectivity index (χ1v) is 10.9. The van der Waals surface area contributed by atoms with Crippen molar-refractivity contribution in [2.24, 2.45) is 16.0 Å². The maximum absolute atomic E-state index is 13.0. The third kappa shape index (κ3) is 3.87. The average Bonchev–Trinajstić information content (AvgIpc) is 3.21. The molecule has 1 fully saturated rings. The second-order valence-electron chi connectivity index (χ2n) is 7.69. The second-order valence-corrected chi connectivity index (χ2v) is 9.27. The van der Waals surface area contributed by atoms with Crippen LogP contribution in [0.25, 0.3) is 0 Å². The van der Waals surface area contributed by atoms with Gasteiger partial charge in [-0.25, -0.2) is 0 Å². The Morgan fingerprint density at radius 3 is 2.78 bits per heavy atom. The molecule has 2 aliphatic rings. The predicted molar refractivity (Wildman–Crippen MR) is 105 cm³/mol. The molecule has 2 atom stereocenters. The Morgan fingerprint density at radius 2 is 2.07 bits per heavy atom. The Morgan fingerprint density at radius 1 is 1.37 bits per heavy atom. The van der Waals surface area contributed by atoms with Crippen LogP contribution in [0.5, 0.6) is 0 Å². The van der Waals surface area contributed by atoms with Gasteiger partial charge in [0.2, 0.25) is 5.91 Å². The molecule has 2 heterocycles. The van der Waals surface area contributed by atoms with Crippen molar-refractivity contribution in [3.63, 3.8) is 0 Å². The van der Waals surface area contributed by atoms with Gasteiger partial charge in [-0.2, -0.15) is 8.42 Å². The van der Waals surface area contributed by atoms with Gasteiger partial charge in [0.05, 0.1) is 0 Å². The summed E-state index contributed by atoms with van der Waals surface area (Å²) in [6.07, 6.45) is 2.27. The summed E-state index contributed by atoms with van der Waals surface area (Å²) >= 11 is 0. The number of sulfonamides is 1. The molecule has 1 saturated heterocycles. The number of likely N-dealkylation sites (N-methyl/N-ethyl adjacent to an activating group) is 1. The lowest BCUT2D eigenvalue weighted by atomic mass is 10.0. The molecule has 3 rings (SSSR count). The minimum atomic E-state index is -3.69. The van der Waals surface area contributed by atoms with Crippen molar-refractivity contribution in [3.05, 3.63) is 29.8 Å². The van der Waals surface area contributed by atoms with E-state index in [0.717, 1.165) is 12.8 Å². The number of carbonyl (C=O) groups excluding carboxylic acids is 1. The van der Waals surface area contributed by atoms with Gasteiger partial charge < -0.3 is 15.5 Å². The molecular formula is C19H28N4O3S. The number of rotatable bonds is 5. The molecule has 0 spiro atoms. The maximum Gasteiger partial charge on any atom is 0.285 e. The Labute approximate surface area is 161 Å². The predicted octanol–water partition coefficient (Wildman–Crippen LogP) is 1.43. The fraction of sp³-hybridized carbons (Fsp3) is 0.579. The van der Waals surface area contributed by atoms with Gasteiger partial charge in [-0.15, -0.1) is 4.40 Å². The lowest BCUT2D eigenvalue weighted by molar-refractivity contribution is -0.133. The van der Waals surface area contributed by atoms with E-state index in [4.69, 9.17) is 5.73 Å². The van der Waals surface area contributed by atoms with Crippen molar-refractivity contribution in [1.82, 2.24) is 9.80 Å². The lowest BCUT2D eigenvalue weighted by Crippen LogP contribution is -2.47. The minimum absolute atomic E-state index is 0.00654. The number of amides is 1. The van der Waals surface area contributed by atoms with E-state index in [9.17, 15) is 13.2 Å². The summed E-state index contributed by atoms with van der Waals surface area (Å²) < 4.78 is 28.7. The van der Waals surface area contributed by atoms with E-state index in [1.54, 1.807) is 36.2 Å². The number of fused-ring (bicyclic) bond motifs is 1. The topological polar surface area (TPSA) is 96.1 Å². The highest BCUT2D eigenvalue weighted by Crippen LogP contribution is 2.31.